The SMILES string of the molecule is Cc1ncc(Oc2nc(N3C[C@@H]4C[C@]3(N)C[C@@H]4C(=O)OC(C)(C)C)c3c(n2)[nH]c2c(N(C)C(=O)OCCl)cc(F)cc23)cn1. The molecule has 3 N–H and O–H groups in total. The number of nitrogens with zero attached hydrogens (tertiary/aromatic N) is 6. The molecule has 3 atom stereocenters. The van der Waals surface area contributed by atoms with Gasteiger partial charge in [0, 0.05) is 19.0 Å². The molecule has 1 aliphatic heterocycles. The Morgan fingerprint density at radius 3 is 2.59 bits per heavy atom. The maximum atomic E-state index is 15.1. The van der Waals surface area contributed by atoms with Gasteiger partial charge in [0.2, 0.25) is 0 Å². The van der Waals surface area contributed by atoms with Crippen molar-refractivity contribution in [1.29, 1.82) is 0 Å². The molecule has 1 aromatic carbocycles. The van der Waals surface area contributed by atoms with Crippen molar-refractivity contribution in [3.8, 4) is 11.8 Å². The van der Waals surface area contributed by atoms with E-state index in [0.29, 0.717) is 58.7 Å². The Morgan fingerprint density at radius 1 is 1.23 bits per heavy atom. The molecule has 0 spiro atoms. The average Bonchev–Trinajstić information content (AvgIpc) is 3.60. The van der Waals surface area contributed by atoms with Crippen molar-refractivity contribution in [2.45, 2.75) is 51.8 Å². The van der Waals surface area contributed by atoms with Crippen LogP contribution in [0.3, 0.4) is 0 Å². The number of alkyl halides is 1. The van der Waals surface area contributed by atoms with Gasteiger partial charge in [-0.15, -0.1) is 0 Å². The van der Waals surface area contributed by atoms with Gasteiger partial charge in [-0.1, -0.05) is 11.6 Å². The van der Waals surface area contributed by atoms with Crippen molar-refractivity contribution in [2.24, 2.45) is 17.6 Å². The summed E-state index contributed by atoms with van der Waals surface area (Å²) in [6.07, 6.45) is 3.10. The van der Waals surface area contributed by atoms with E-state index in [0.717, 1.165) is 4.90 Å². The molecule has 6 rings (SSSR count). The van der Waals surface area contributed by atoms with Gasteiger partial charge in [0.15, 0.2) is 11.8 Å². The Hall–Kier alpha value is -4.30. The zero-order chi connectivity index (χ0) is 31.6. The van der Waals surface area contributed by atoms with Crippen LogP contribution in [0.2, 0.25) is 0 Å². The Kier molecular flexibility index (Phi) is 7.24. The number of esters is 1. The summed E-state index contributed by atoms with van der Waals surface area (Å²) in [5, 5.41) is 0.884. The van der Waals surface area contributed by atoms with Gasteiger partial charge in [-0.3, -0.25) is 9.69 Å². The normalized spacial score (nSPS) is 21.2. The maximum absolute atomic E-state index is 15.1. The molecule has 3 aromatic heterocycles. The molecular formula is C29H32ClFN8O5. The van der Waals surface area contributed by atoms with Gasteiger partial charge >= 0.3 is 18.1 Å². The van der Waals surface area contributed by atoms with Crippen molar-refractivity contribution in [1.82, 2.24) is 24.9 Å². The molecule has 4 heterocycles. The number of anilines is 2. The minimum atomic E-state index is -0.946. The van der Waals surface area contributed by atoms with Crippen molar-refractivity contribution in [2.75, 3.05) is 29.5 Å². The van der Waals surface area contributed by atoms with Gasteiger partial charge in [0.25, 0.3) is 0 Å². The first kappa shape index (κ1) is 29.8. The van der Waals surface area contributed by atoms with Crippen LogP contribution in [0.15, 0.2) is 24.5 Å². The average molecular weight is 627 g/mol. The number of hydrogen-bond donors (Lipinski definition) is 2. The van der Waals surface area contributed by atoms with Crippen LogP contribution in [0.4, 0.5) is 20.7 Å². The second-order valence-corrected chi connectivity index (χ2v) is 12.4. The van der Waals surface area contributed by atoms with Crippen LogP contribution >= 0.6 is 11.6 Å². The molecule has 1 amide bonds. The number of aromatic nitrogens is 5. The monoisotopic (exact) mass is 626 g/mol. The van der Waals surface area contributed by atoms with Crippen LogP contribution in [0.1, 0.15) is 39.4 Å². The smallest absolute Gasteiger partial charge is 0.415 e. The number of ether oxygens (including phenoxy) is 3. The number of hydrogen-bond acceptors (Lipinski definition) is 11. The van der Waals surface area contributed by atoms with Gasteiger partial charge in [-0.05, 0) is 58.6 Å². The molecule has 44 heavy (non-hydrogen) atoms. The lowest BCUT2D eigenvalue weighted by Gasteiger charge is -2.39. The first-order chi connectivity index (χ1) is 20.8. The lowest BCUT2D eigenvalue weighted by molar-refractivity contribution is -0.161. The van der Waals surface area contributed by atoms with Crippen molar-refractivity contribution in [3.63, 3.8) is 0 Å². The van der Waals surface area contributed by atoms with Crippen LogP contribution in [-0.2, 0) is 14.3 Å². The first-order valence-corrected chi connectivity index (χ1v) is 14.5. The van der Waals surface area contributed by atoms with Crippen LogP contribution in [0.5, 0.6) is 11.8 Å². The third-order valence-corrected chi connectivity index (χ3v) is 8.03. The number of aromatic amines is 1. The number of nitrogens with one attached hydrogen (secondary N) is 1. The van der Waals surface area contributed by atoms with Gasteiger partial charge in [-0.2, -0.15) is 9.97 Å². The number of halogens is 2. The van der Waals surface area contributed by atoms with Crippen molar-refractivity contribution < 1.29 is 28.2 Å². The second-order valence-electron chi connectivity index (χ2n) is 12.2. The van der Waals surface area contributed by atoms with E-state index in [9.17, 15) is 9.59 Å². The zero-order valence-electron chi connectivity index (χ0n) is 24.9. The van der Waals surface area contributed by atoms with Crippen molar-refractivity contribution >= 4 is 57.1 Å². The highest BCUT2D eigenvalue weighted by molar-refractivity contribution is 6.18. The molecule has 13 nitrogen and oxygen atoms in total. The number of nitrogens with two attached hydrogens (primary N) is 1. The molecule has 4 aromatic rings. The highest BCUT2D eigenvalue weighted by Crippen LogP contribution is 2.51. The van der Waals surface area contributed by atoms with E-state index in [1.807, 2.05) is 25.7 Å². The minimum absolute atomic E-state index is 0.0292. The number of aryl methyl sites for hydroxylation is 1. The molecule has 2 fully saturated rings. The topological polar surface area (TPSA) is 162 Å². The highest BCUT2D eigenvalue weighted by Gasteiger charge is 2.57. The predicted octanol–water partition coefficient (Wildman–Crippen LogP) is 4.75. The van der Waals surface area contributed by atoms with Crippen LogP contribution in [0.25, 0.3) is 21.9 Å². The number of carbonyl (C=O) groups excluding carboxylic acids is 2. The number of rotatable bonds is 6. The Balaban J connectivity index is 1.48. The molecule has 232 valence electrons. The second kappa shape index (κ2) is 10.7. The number of benzene rings is 1. The summed E-state index contributed by atoms with van der Waals surface area (Å²) in [6.45, 7) is 7.64. The minimum Gasteiger partial charge on any atom is -0.460 e. The summed E-state index contributed by atoms with van der Waals surface area (Å²) < 4.78 is 31.7. The fourth-order valence-corrected chi connectivity index (χ4v) is 6.19. The molecular weight excluding hydrogens is 595 g/mol. The van der Waals surface area contributed by atoms with E-state index in [-0.39, 0.29) is 35.6 Å². The fraction of sp³-hybridized carbons (Fsp3) is 0.448. The summed E-state index contributed by atoms with van der Waals surface area (Å²) in [5.74, 6) is -0.0874. The zero-order valence-corrected chi connectivity index (χ0v) is 25.6. The van der Waals surface area contributed by atoms with E-state index in [2.05, 4.69) is 19.9 Å². The lowest BCUT2D eigenvalue weighted by Crippen LogP contribution is -2.55. The van der Waals surface area contributed by atoms with Gasteiger partial charge in [-0.25, -0.2) is 19.2 Å². The van der Waals surface area contributed by atoms with E-state index < -0.39 is 23.2 Å². The van der Waals surface area contributed by atoms with Crippen LogP contribution in [-0.4, -0.2) is 67.9 Å². The first-order valence-electron chi connectivity index (χ1n) is 14.0. The molecule has 2 aliphatic rings. The Morgan fingerprint density at radius 2 is 1.95 bits per heavy atom. The quantitative estimate of drug-likeness (QED) is 0.224. The molecule has 1 saturated carbocycles. The summed E-state index contributed by atoms with van der Waals surface area (Å²) in [4.78, 5) is 49.5. The number of H-pyrrole nitrogens is 1. The molecule has 1 saturated heterocycles. The Labute approximate surface area is 256 Å². The highest BCUT2D eigenvalue weighted by atomic mass is 35.5. The predicted molar refractivity (Wildman–Crippen MR) is 160 cm³/mol. The third kappa shape index (κ3) is 5.32. The number of amides is 1. The molecule has 2 bridgehead atoms. The van der Waals surface area contributed by atoms with Gasteiger partial charge < -0.3 is 29.8 Å². The van der Waals surface area contributed by atoms with Crippen LogP contribution < -0.4 is 20.3 Å². The molecule has 1 aliphatic carbocycles. The molecule has 15 heteroatoms. The standard InChI is InChI=1S/C29H32ClFN8O5/c1-14-33-10-17(11-34-14)43-26-36-23-21(18-6-16(31)7-20(22(18)35-23)38(5)27(41)42-13-30)24(37-26)39-12-15-8-29(39,32)9-19(15)25(40)44-28(2,3)4/h6-7,10-11,15,19H,8-9,12-13,32H2,1-5H3,(H,35,36,37)/t15-,19-,29+/m0/s1. The Bertz CT molecular complexity index is 1780. The lowest BCUT2D eigenvalue weighted by atomic mass is 9.93. The molecule has 0 unspecified atom stereocenters. The van der Waals surface area contributed by atoms with Crippen molar-refractivity contribution in [3.05, 3.63) is 36.2 Å². The fourth-order valence-electron chi connectivity index (χ4n) is 6.10. The summed E-state index contributed by atoms with van der Waals surface area (Å²) >= 11 is 5.59. The summed E-state index contributed by atoms with van der Waals surface area (Å²) in [6, 6.07) is 2.14. The largest absolute Gasteiger partial charge is 0.460 e. The molecule has 0 radical (unpaired) electrons. The van der Waals surface area contributed by atoms with Crippen LogP contribution in [0, 0.1) is 24.6 Å². The van der Waals surface area contributed by atoms with E-state index in [1.54, 1.807) is 6.92 Å². The maximum Gasteiger partial charge on any atom is 0.415 e. The van der Waals surface area contributed by atoms with E-state index in [1.165, 1.54) is 31.6 Å². The van der Waals surface area contributed by atoms with E-state index in [4.69, 9.17) is 36.5 Å². The van der Waals surface area contributed by atoms with Gasteiger partial charge in [0.1, 0.15) is 28.7 Å². The summed E-state index contributed by atoms with van der Waals surface area (Å²) in [7, 11) is 1.44. The number of piperidine rings is 1. The van der Waals surface area contributed by atoms with E-state index >= 15 is 4.39 Å². The number of fused-ring (bicyclic) bond motifs is 5. The number of carbonyl (C=O) groups is 2. The van der Waals surface area contributed by atoms with Gasteiger partial charge in [0.05, 0.1) is 40.6 Å². The summed E-state index contributed by atoms with van der Waals surface area (Å²) in [5.41, 5.74) is 6.35. The third-order valence-electron chi connectivity index (χ3n) is 7.92.